The van der Waals surface area contributed by atoms with Gasteiger partial charge in [0.1, 0.15) is 0 Å². The van der Waals surface area contributed by atoms with E-state index in [0.717, 1.165) is 12.8 Å². The Balaban J connectivity index is 2.31. The molecule has 0 bridgehead atoms. The number of thiophene rings is 1. The highest BCUT2D eigenvalue weighted by Gasteiger charge is 2.11. The fourth-order valence-corrected chi connectivity index (χ4v) is 2.45. The summed E-state index contributed by atoms with van der Waals surface area (Å²) in [4.78, 5) is 0. The van der Waals surface area contributed by atoms with Crippen molar-refractivity contribution in [2.45, 2.75) is 45.6 Å². The van der Waals surface area contributed by atoms with Gasteiger partial charge in [-0.25, -0.2) is 0 Å². The molecule has 0 saturated carbocycles. The first-order valence-corrected chi connectivity index (χ1v) is 6.39. The topological polar surface area (TPSA) is 20.2 Å². The minimum absolute atomic E-state index is 0.158. The molecule has 0 fully saturated rings. The third-order valence-electron chi connectivity index (χ3n) is 2.81. The van der Waals surface area contributed by atoms with Gasteiger partial charge in [0.25, 0.3) is 0 Å². The molecule has 1 nitrogen and oxygen atoms in total. The Morgan fingerprint density at radius 2 is 2.07 bits per heavy atom. The summed E-state index contributed by atoms with van der Waals surface area (Å²) in [5.41, 5.74) is 1.27. The summed E-state index contributed by atoms with van der Waals surface area (Å²) in [7, 11) is 0. The monoisotopic (exact) mass is 212 g/mol. The molecule has 1 aromatic rings. The Bertz CT molecular complexity index is 226. The van der Waals surface area contributed by atoms with Gasteiger partial charge in [-0.2, -0.15) is 11.3 Å². The zero-order valence-corrected chi connectivity index (χ0v) is 9.89. The number of hydrogen-bond donors (Lipinski definition) is 1. The average Bonchev–Trinajstić information content (AvgIpc) is 2.66. The Morgan fingerprint density at radius 3 is 2.57 bits per heavy atom. The van der Waals surface area contributed by atoms with Crippen LogP contribution in [0.2, 0.25) is 0 Å². The van der Waals surface area contributed by atoms with Crippen molar-refractivity contribution in [3.63, 3.8) is 0 Å². The summed E-state index contributed by atoms with van der Waals surface area (Å²) >= 11 is 1.70. The summed E-state index contributed by atoms with van der Waals surface area (Å²) < 4.78 is 0. The van der Waals surface area contributed by atoms with Crippen molar-refractivity contribution in [3.05, 3.63) is 22.4 Å². The van der Waals surface area contributed by atoms with E-state index in [1.165, 1.54) is 18.4 Å². The van der Waals surface area contributed by atoms with Crippen LogP contribution in [-0.4, -0.2) is 11.2 Å². The average molecular weight is 212 g/mol. The van der Waals surface area contributed by atoms with Gasteiger partial charge in [-0.05, 0) is 41.1 Å². The highest BCUT2D eigenvalue weighted by Crippen LogP contribution is 2.18. The molecular weight excluding hydrogens is 192 g/mol. The van der Waals surface area contributed by atoms with Crippen LogP contribution in [0, 0.1) is 5.92 Å². The van der Waals surface area contributed by atoms with Crippen LogP contribution in [0.25, 0.3) is 0 Å². The molecule has 0 radical (unpaired) electrons. The fraction of sp³-hybridized carbons (Fsp3) is 0.667. The van der Waals surface area contributed by atoms with Crippen LogP contribution in [-0.2, 0) is 6.42 Å². The highest BCUT2D eigenvalue weighted by atomic mass is 32.1. The first-order chi connectivity index (χ1) is 6.76. The molecule has 0 aliphatic heterocycles. The number of aliphatic hydroxyl groups excluding tert-OH is 1. The maximum Gasteiger partial charge on any atom is 0.0583 e. The lowest BCUT2D eigenvalue weighted by Gasteiger charge is -2.16. The van der Waals surface area contributed by atoms with Crippen LogP contribution in [0.1, 0.15) is 38.7 Å². The van der Waals surface area contributed by atoms with Gasteiger partial charge in [-0.1, -0.05) is 26.7 Å². The normalized spacial score (nSPS) is 13.4. The van der Waals surface area contributed by atoms with E-state index in [0.29, 0.717) is 5.92 Å². The first kappa shape index (κ1) is 11.7. The van der Waals surface area contributed by atoms with E-state index in [9.17, 15) is 5.11 Å². The summed E-state index contributed by atoms with van der Waals surface area (Å²) in [6, 6.07) is 2.10. The van der Waals surface area contributed by atoms with Gasteiger partial charge in [0.05, 0.1) is 6.10 Å². The van der Waals surface area contributed by atoms with E-state index >= 15 is 0 Å². The van der Waals surface area contributed by atoms with E-state index in [1.807, 2.05) is 0 Å². The van der Waals surface area contributed by atoms with Gasteiger partial charge in [0.2, 0.25) is 0 Å². The molecule has 1 N–H and O–H groups in total. The van der Waals surface area contributed by atoms with Crippen LogP contribution in [0.15, 0.2) is 16.8 Å². The molecule has 0 spiro atoms. The van der Waals surface area contributed by atoms with E-state index < -0.39 is 0 Å². The van der Waals surface area contributed by atoms with Gasteiger partial charge in [0.15, 0.2) is 0 Å². The minimum Gasteiger partial charge on any atom is -0.393 e. The Labute approximate surface area is 90.8 Å². The van der Waals surface area contributed by atoms with Crippen LogP contribution in [0.3, 0.4) is 0 Å². The maximum atomic E-state index is 9.86. The lowest BCUT2D eigenvalue weighted by molar-refractivity contribution is 0.139. The molecular formula is C12H20OS. The lowest BCUT2D eigenvalue weighted by Crippen LogP contribution is -2.15. The van der Waals surface area contributed by atoms with Gasteiger partial charge in [-0.3, -0.25) is 0 Å². The Hall–Kier alpha value is -0.340. The summed E-state index contributed by atoms with van der Waals surface area (Å²) in [6.45, 7) is 4.40. The van der Waals surface area contributed by atoms with E-state index in [-0.39, 0.29) is 6.10 Å². The number of aliphatic hydroxyl groups is 1. The highest BCUT2D eigenvalue weighted by molar-refractivity contribution is 7.07. The van der Waals surface area contributed by atoms with E-state index in [4.69, 9.17) is 0 Å². The number of hydrogen-bond acceptors (Lipinski definition) is 2. The van der Waals surface area contributed by atoms with Gasteiger partial charge >= 0.3 is 0 Å². The van der Waals surface area contributed by atoms with E-state index in [1.54, 1.807) is 11.3 Å². The molecule has 1 aromatic heterocycles. The zero-order chi connectivity index (χ0) is 10.4. The molecule has 0 aliphatic carbocycles. The SMILES string of the molecule is CCC(CC)CC(O)Cc1ccsc1. The van der Waals surface area contributed by atoms with Gasteiger partial charge < -0.3 is 5.11 Å². The maximum absolute atomic E-state index is 9.86. The summed E-state index contributed by atoms with van der Waals surface area (Å²) in [5.74, 6) is 0.684. The van der Waals surface area contributed by atoms with E-state index in [2.05, 4.69) is 30.7 Å². The second-order valence-corrected chi connectivity index (χ2v) is 4.69. The smallest absolute Gasteiger partial charge is 0.0583 e. The van der Waals surface area contributed by atoms with Gasteiger partial charge in [0, 0.05) is 0 Å². The molecule has 2 heteroatoms. The zero-order valence-electron chi connectivity index (χ0n) is 9.07. The van der Waals surface area contributed by atoms with Crippen LogP contribution >= 0.6 is 11.3 Å². The number of rotatable bonds is 6. The van der Waals surface area contributed by atoms with Crippen molar-refractivity contribution in [2.75, 3.05) is 0 Å². The molecule has 1 heterocycles. The second kappa shape index (κ2) is 6.20. The summed E-state index contributed by atoms with van der Waals surface area (Å²) in [6.07, 6.45) is 3.96. The lowest BCUT2D eigenvalue weighted by atomic mass is 9.94. The molecule has 80 valence electrons. The van der Waals surface area contributed by atoms with Crippen molar-refractivity contribution in [1.29, 1.82) is 0 Å². The standard InChI is InChI=1S/C12H20OS/c1-3-10(4-2)7-12(13)8-11-5-6-14-9-11/h5-6,9-10,12-13H,3-4,7-8H2,1-2H3. The predicted molar refractivity (Wildman–Crippen MR) is 62.7 cm³/mol. The second-order valence-electron chi connectivity index (χ2n) is 3.91. The minimum atomic E-state index is -0.158. The molecule has 1 atom stereocenters. The predicted octanol–water partition coefficient (Wildman–Crippen LogP) is 3.48. The molecule has 1 rings (SSSR count). The van der Waals surface area contributed by atoms with Crippen molar-refractivity contribution < 1.29 is 5.11 Å². The van der Waals surface area contributed by atoms with Gasteiger partial charge in [-0.15, -0.1) is 0 Å². The Kier molecular flexibility index (Phi) is 5.20. The van der Waals surface area contributed by atoms with Crippen molar-refractivity contribution in [2.24, 2.45) is 5.92 Å². The molecule has 0 amide bonds. The largest absolute Gasteiger partial charge is 0.393 e. The quantitative estimate of drug-likeness (QED) is 0.765. The van der Waals surface area contributed by atoms with Crippen LogP contribution in [0.5, 0.6) is 0 Å². The molecule has 0 saturated heterocycles. The van der Waals surface area contributed by atoms with Crippen molar-refractivity contribution >= 4 is 11.3 Å². The molecule has 0 aliphatic rings. The fourth-order valence-electron chi connectivity index (χ4n) is 1.77. The van der Waals surface area contributed by atoms with Crippen LogP contribution in [0.4, 0.5) is 0 Å². The third kappa shape index (κ3) is 3.81. The molecule has 14 heavy (non-hydrogen) atoms. The summed E-state index contributed by atoms with van der Waals surface area (Å²) in [5, 5.41) is 14.0. The third-order valence-corrected chi connectivity index (χ3v) is 3.54. The Morgan fingerprint density at radius 1 is 1.36 bits per heavy atom. The van der Waals surface area contributed by atoms with Crippen molar-refractivity contribution in [1.82, 2.24) is 0 Å². The first-order valence-electron chi connectivity index (χ1n) is 5.45. The van der Waals surface area contributed by atoms with Crippen LogP contribution < -0.4 is 0 Å². The molecule has 1 unspecified atom stereocenters. The molecule has 0 aromatic carbocycles. The van der Waals surface area contributed by atoms with Crippen molar-refractivity contribution in [3.8, 4) is 0 Å².